The Bertz CT molecular complexity index is 687. The standard InChI is InChI=1S/C37H64Cl2O2/c38-36(40)34-25-26-35(37(39)41)29-33(32-22-15-11-7-4-8-12-16-23-32)24-18-17-21-31(28-34)27-30-19-13-9-5-2-1-3-6-10-14-20-30/h30-35H,1-29H2. The molecule has 0 amide bonds. The second-order valence-corrected chi connectivity index (χ2v) is 15.4. The van der Waals surface area contributed by atoms with E-state index in [1.54, 1.807) is 0 Å². The highest BCUT2D eigenvalue weighted by Gasteiger charge is 2.31. The lowest BCUT2D eigenvalue weighted by atomic mass is 9.73. The first-order chi connectivity index (χ1) is 20.0. The number of halogens is 2. The maximum Gasteiger partial charge on any atom is 0.224 e. The van der Waals surface area contributed by atoms with Crippen molar-refractivity contribution in [3.63, 3.8) is 0 Å². The Morgan fingerprint density at radius 2 is 0.732 bits per heavy atom. The van der Waals surface area contributed by atoms with Gasteiger partial charge in [0.2, 0.25) is 10.5 Å². The van der Waals surface area contributed by atoms with Crippen LogP contribution in [0.4, 0.5) is 0 Å². The summed E-state index contributed by atoms with van der Waals surface area (Å²) < 4.78 is 0. The Balaban J connectivity index is 1.68. The minimum atomic E-state index is -0.185. The Morgan fingerprint density at radius 1 is 0.390 bits per heavy atom. The van der Waals surface area contributed by atoms with E-state index >= 15 is 0 Å². The molecule has 0 aromatic rings. The molecule has 4 heteroatoms. The maximum absolute atomic E-state index is 12.7. The zero-order valence-corrected chi connectivity index (χ0v) is 28.1. The van der Waals surface area contributed by atoms with Gasteiger partial charge in [-0.3, -0.25) is 9.59 Å². The third-order valence-electron chi connectivity index (χ3n) is 11.4. The summed E-state index contributed by atoms with van der Waals surface area (Å²) in [6.07, 6.45) is 37.1. The van der Waals surface area contributed by atoms with Gasteiger partial charge in [0.1, 0.15) is 0 Å². The van der Waals surface area contributed by atoms with Crippen molar-refractivity contribution in [3.05, 3.63) is 0 Å². The van der Waals surface area contributed by atoms with Crippen molar-refractivity contribution in [2.45, 2.75) is 186 Å². The third kappa shape index (κ3) is 15.0. The van der Waals surface area contributed by atoms with E-state index in [-0.39, 0.29) is 22.3 Å². The molecule has 0 bridgehead atoms. The number of carbonyl (C=O) groups is 2. The molecule has 2 nitrogen and oxygen atoms in total. The maximum atomic E-state index is 12.7. The van der Waals surface area contributed by atoms with Gasteiger partial charge in [-0.2, -0.15) is 0 Å². The van der Waals surface area contributed by atoms with E-state index in [0.717, 1.165) is 37.5 Å². The van der Waals surface area contributed by atoms with Crippen LogP contribution in [0.2, 0.25) is 0 Å². The van der Waals surface area contributed by atoms with E-state index in [9.17, 15) is 9.59 Å². The van der Waals surface area contributed by atoms with Crippen LogP contribution in [0, 0.1) is 35.5 Å². The van der Waals surface area contributed by atoms with Crippen molar-refractivity contribution in [1.82, 2.24) is 0 Å². The zero-order chi connectivity index (χ0) is 29.1. The van der Waals surface area contributed by atoms with Gasteiger partial charge in [-0.25, -0.2) is 0 Å². The lowest BCUT2D eigenvalue weighted by molar-refractivity contribution is -0.118. The molecule has 0 aromatic carbocycles. The molecule has 4 atom stereocenters. The molecule has 0 saturated heterocycles. The van der Waals surface area contributed by atoms with Crippen LogP contribution in [0.3, 0.4) is 0 Å². The van der Waals surface area contributed by atoms with Crippen molar-refractivity contribution < 1.29 is 9.59 Å². The van der Waals surface area contributed by atoms with Gasteiger partial charge in [-0.15, -0.1) is 0 Å². The molecular weight excluding hydrogens is 547 g/mol. The first kappa shape index (κ1) is 35.4. The predicted molar refractivity (Wildman–Crippen MR) is 177 cm³/mol. The van der Waals surface area contributed by atoms with Crippen molar-refractivity contribution in [1.29, 1.82) is 0 Å². The summed E-state index contributed by atoms with van der Waals surface area (Å²) in [7, 11) is 0. The fraction of sp³-hybridized carbons (Fsp3) is 0.946. The fourth-order valence-electron chi connectivity index (χ4n) is 8.80. The third-order valence-corrected chi connectivity index (χ3v) is 12.0. The lowest BCUT2D eigenvalue weighted by Crippen LogP contribution is -2.25. The second kappa shape index (κ2) is 21.6. The topological polar surface area (TPSA) is 34.1 Å². The van der Waals surface area contributed by atoms with Gasteiger partial charge in [0.05, 0.1) is 0 Å². The molecule has 3 aliphatic carbocycles. The smallest absolute Gasteiger partial charge is 0.224 e. The Morgan fingerprint density at radius 3 is 1.22 bits per heavy atom. The summed E-state index contributed by atoms with van der Waals surface area (Å²) in [4.78, 5) is 25.4. The average Bonchev–Trinajstić information content (AvgIpc) is 2.94. The van der Waals surface area contributed by atoms with Crippen LogP contribution in [0.1, 0.15) is 186 Å². The molecule has 4 unspecified atom stereocenters. The molecule has 3 fully saturated rings. The number of carbonyl (C=O) groups excluding carboxylic acids is 2. The molecular formula is C37H64Cl2O2. The van der Waals surface area contributed by atoms with E-state index in [0.29, 0.717) is 11.8 Å². The Hall–Kier alpha value is -0.0800. The molecule has 0 N–H and O–H groups in total. The van der Waals surface area contributed by atoms with Gasteiger partial charge < -0.3 is 0 Å². The summed E-state index contributed by atoms with van der Waals surface area (Å²) in [6, 6.07) is 0. The summed E-state index contributed by atoms with van der Waals surface area (Å²) in [5.41, 5.74) is 0. The molecule has 0 aromatic heterocycles. The van der Waals surface area contributed by atoms with E-state index in [1.165, 1.54) is 161 Å². The number of rotatable bonds is 5. The summed E-state index contributed by atoms with van der Waals surface area (Å²) in [5, 5.41) is -0.368. The zero-order valence-electron chi connectivity index (χ0n) is 26.5. The summed E-state index contributed by atoms with van der Waals surface area (Å²) in [6.45, 7) is 0. The van der Waals surface area contributed by atoms with Crippen molar-refractivity contribution in [2.75, 3.05) is 0 Å². The molecule has 3 rings (SSSR count). The van der Waals surface area contributed by atoms with Crippen LogP contribution in [0.25, 0.3) is 0 Å². The minimum absolute atomic E-state index is 0.125. The summed E-state index contributed by atoms with van der Waals surface area (Å²) >= 11 is 12.5. The molecule has 0 heterocycles. The second-order valence-electron chi connectivity index (χ2n) is 14.6. The van der Waals surface area contributed by atoms with Crippen molar-refractivity contribution >= 4 is 33.7 Å². The molecule has 238 valence electrons. The van der Waals surface area contributed by atoms with E-state index in [4.69, 9.17) is 23.2 Å². The normalized spacial score (nSPS) is 31.0. The minimum Gasteiger partial charge on any atom is -0.281 e. The van der Waals surface area contributed by atoms with Gasteiger partial charge in [-0.1, -0.05) is 154 Å². The van der Waals surface area contributed by atoms with Crippen LogP contribution in [-0.2, 0) is 9.59 Å². The van der Waals surface area contributed by atoms with E-state index < -0.39 is 0 Å². The molecule has 0 radical (unpaired) electrons. The first-order valence-corrected chi connectivity index (χ1v) is 19.2. The highest BCUT2D eigenvalue weighted by molar-refractivity contribution is 6.64. The van der Waals surface area contributed by atoms with Crippen LogP contribution in [0.15, 0.2) is 0 Å². The van der Waals surface area contributed by atoms with Gasteiger partial charge in [0.15, 0.2) is 0 Å². The monoisotopic (exact) mass is 610 g/mol. The lowest BCUT2D eigenvalue weighted by Gasteiger charge is -2.32. The molecule has 3 aliphatic rings. The van der Waals surface area contributed by atoms with Gasteiger partial charge >= 0.3 is 0 Å². The van der Waals surface area contributed by atoms with Crippen molar-refractivity contribution in [2.24, 2.45) is 35.5 Å². The van der Waals surface area contributed by atoms with Crippen LogP contribution in [-0.4, -0.2) is 10.5 Å². The van der Waals surface area contributed by atoms with Crippen LogP contribution in [0.5, 0.6) is 0 Å². The predicted octanol–water partition coefficient (Wildman–Crippen LogP) is 12.6. The van der Waals surface area contributed by atoms with Gasteiger partial charge in [0.25, 0.3) is 0 Å². The average molecular weight is 612 g/mol. The van der Waals surface area contributed by atoms with Crippen LogP contribution < -0.4 is 0 Å². The first-order valence-electron chi connectivity index (χ1n) is 18.4. The molecule has 0 aliphatic heterocycles. The SMILES string of the molecule is O=C(Cl)C1CCC(C(=O)Cl)CC(C2CCCCCCCCC2)CCCCC(CC2CCCCCCCCCCC2)C1. The molecule has 41 heavy (non-hydrogen) atoms. The number of hydrogen-bond acceptors (Lipinski definition) is 2. The van der Waals surface area contributed by atoms with Gasteiger partial charge in [0, 0.05) is 11.8 Å². The fourth-order valence-corrected chi connectivity index (χ4v) is 9.20. The molecule has 0 spiro atoms. The van der Waals surface area contributed by atoms with Gasteiger partial charge in [-0.05, 0) is 79.0 Å². The summed E-state index contributed by atoms with van der Waals surface area (Å²) in [5.74, 6) is 2.45. The molecule has 3 saturated carbocycles. The quantitative estimate of drug-likeness (QED) is 0.290. The Kier molecular flexibility index (Phi) is 18.6. The van der Waals surface area contributed by atoms with E-state index in [2.05, 4.69) is 0 Å². The Labute approximate surface area is 264 Å². The van der Waals surface area contributed by atoms with E-state index in [1.807, 2.05) is 0 Å². The number of hydrogen-bond donors (Lipinski definition) is 0. The highest BCUT2D eigenvalue weighted by atomic mass is 35.5. The van der Waals surface area contributed by atoms with Crippen molar-refractivity contribution in [3.8, 4) is 0 Å². The highest BCUT2D eigenvalue weighted by Crippen LogP contribution is 2.39. The largest absolute Gasteiger partial charge is 0.281 e. The van der Waals surface area contributed by atoms with Crippen LogP contribution >= 0.6 is 23.2 Å².